The van der Waals surface area contributed by atoms with Crippen LogP contribution in [-0.4, -0.2) is 19.6 Å². The Morgan fingerprint density at radius 1 is 0.964 bits per heavy atom. The van der Waals surface area contributed by atoms with Crippen molar-refractivity contribution in [3.05, 3.63) is 51.6 Å². The first-order valence-corrected chi connectivity index (χ1v) is 10.3. The molecule has 0 saturated heterocycles. The summed E-state index contributed by atoms with van der Waals surface area (Å²) in [5, 5.41) is 12.5. The van der Waals surface area contributed by atoms with E-state index in [9.17, 15) is 5.11 Å². The van der Waals surface area contributed by atoms with Crippen LogP contribution < -0.4 is 0 Å². The number of aromatic nitrogens is 3. The quantitative estimate of drug-likeness (QED) is 0.621. The molecule has 3 rings (SSSR count). The Bertz CT molecular complexity index is 1020. The van der Waals surface area contributed by atoms with E-state index in [1.165, 1.54) is 22.4 Å². The zero-order chi connectivity index (χ0) is 20.8. The number of fused-ring (bicyclic) bond motifs is 1. The second kappa shape index (κ2) is 7.32. The van der Waals surface area contributed by atoms with Crippen molar-refractivity contribution in [1.82, 2.24) is 14.5 Å². The molecule has 0 spiro atoms. The van der Waals surface area contributed by atoms with Crippen LogP contribution in [0.1, 0.15) is 72.6 Å². The molecule has 0 amide bonds. The minimum absolute atomic E-state index is 0.638. The fraction of sp³-hybridized carbons (Fsp3) is 0.500. The smallest absolute Gasteiger partial charge is 0.149 e. The maximum atomic E-state index is 11.5. The number of aliphatic hydroxyl groups is 1. The molecule has 2 aromatic heterocycles. The second-order valence-corrected chi connectivity index (χ2v) is 8.25. The summed E-state index contributed by atoms with van der Waals surface area (Å²) in [7, 11) is 0. The molecular formula is C24H33N3O. The summed E-state index contributed by atoms with van der Waals surface area (Å²) in [6.45, 7) is 16.8. The zero-order valence-electron chi connectivity index (χ0n) is 18.6. The molecule has 2 heterocycles. The summed E-state index contributed by atoms with van der Waals surface area (Å²) in [6, 6.07) is 4.44. The number of nitrogens with zero attached hydrogens (tertiary/aromatic N) is 3. The third-order valence-electron chi connectivity index (χ3n) is 6.01. The first kappa shape index (κ1) is 20.5. The molecule has 0 radical (unpaired) electrons. The van der Waals surface area contributed by atoms with Crippen molar-refractivity contribution < 1.29 is 5.11 Å². The highest BCUT2D eigenvalue weighted by atomic mass is 16.3. The molecule has 28 heavy (non-hydrogen) atoms. The summed E-state index contributed by atoms with van der Waals surface area (Å²) >= 11 is 0. The molecule has 4 nitrogen and oxygen atoms in total. The Kier molecular flexibility index (Phi) is 5.37. The van der Waals surface area contributed by atoms with Gasteiger partial charge in [0, 0.05) is 11.1 Å². The lowest BCUT2D eigenvalue weighted by Crippen LogP contribution is -2.27. The van der Waals surface area contributed by atoms with E-state index in [1.807, 2.05) is 13.8 Å². The third-order valence-corrected chi connectivity index (χ3v) is 6.01. The van der Waals surface area contributed by atoms with E-state index in [0.717, 1.165) is 34.4 Å². The predicted octanol–water partition coefficient (Wildman–Crippen LogP) is 5.67. The van der Waals surface area contributed by atoms with Gasteiger partial charge in [-0.1, -0.05) is 38.0 Å². The normalized spacial score (nSPS) is 13.9. The van der Waals surface area contributed by atoms with Crippen LogP contribution in [0.2, 0.25) is 0 Å². The van der Waals surface area contributed by atoms with Crippen LogP contribution in [0.25, 0.3) is 16.7 Å². The van der Waals surface area contributed by atoms with Crippen molar-refractivity contribution in [2.24, 2.45) is 0 Å². The number of aryl methyl sites for hydroxylation is 5. The van der Waals surface area contributed by atoms with Gasteiger partial charge >= 0.3 is 0 Å². The van der Waals surface area contributed by atoms with Gasteiger partial charge in [-0.05, 0) is 71.1 Å². The average Bonchev–Trinajstić information content (AvgIpc) is 2.85. The standard InChI is InChI=1S/C24H33N3O/c1-9-11-24(28,10-2)22-20-17(6)18(7)27(23(20)26-19(8)25-22)21-15(4)12-14(3)13-16(21)5/h12-13,28H,9-11H2,1-8H3. The molecule has 1 N–H and O–H groups in total. The van der Waals surface area contributed by atoms with Gasteiger partial charge in [0.15, 0.2) is 0 Å². The molecule has 1 atom stereocenters. The monoisotopic (exact) mass is 379 g/mol. The molecule has 0 saturated carbocycles. The van der Waals surface area contributed by atoms with Gasteiger partial charge in [0.05, 0.1) is 11.4 Å². The number of rotatable bonds is 5. The van der Waals surface area contributed by atoms with Crippen LogP contribution in [0.15, 0.2) is 12.1 Å². The Hall–Kier alpha value is -2.20. The fourth-order valence-corrected chi connectivity index (χ4v) is 4.58. The highest BCUT2D eigenvalue weighted by Crippen LogP contribution is 2.38. The zero-order valence-corrected chi connectivity index (χ0v) is 18.6. The fourth-order valence-electron chi connectivity index (χ4n) is 4.58. The second-order valence-electron chi connectivity index (χ2n) is 8.25. The van der Waals surface area contributed by atoms with E-state index in [1.54, 1.807) is 0 Å². The van der Waals surface area contributed by atoms with E-state index >= 15 is 0 Å². The highest BCUT2D eigenvalue weighted by molar-refractivity contribution is 5.87. The van der Waals surface area contributed by atoms with Gasteiger partial charge < -0.3 is 5.11 Å². The first-order chi connectivity index (χ1) is 13.1. The van der Waals surface area contributed by atoms with E-state index in [2.05, 4.69) is 58.2 Å². The molecule has 1 unspecified atom stereocenters. The van der Waals surface area contributed by atoms with Crippen LogP contribution >= 0.6 is 0 Å². The number of hydrogen-bond acceptors (Lipinski definition) is 3. The molecule has 0 bridgehead atoms. The van der Waals surface area contributed by atoms with Gasteiger partial charge in [-0.3, -0.25) is 4.57 Å². The lowest BCUT2D eigenvalue weighted by molar-refractivity contribution is 0.0196. The molecular weight excluding hydrogens is 346 g/mol. The van der Waals surface area contributed by atoms with Crippen molar-refractivity contribution in [1.29, 1.82) is 0 Å². The van der Waals surface area contributed by atoms with Crippen molar-refractivity contribution in [2.45, 2.75) is 80.3 Å². The van der Waals surface area contributed by atoms with Crippen molar-refractivity contribution in [3.63, 3.8) is 0 Å². The van der Waals surface area contributed by atoms with Crippen LogP contribution in [-0.2, 0) is 5.60 Å². The van der Waals surface area contributed by atoms with Crippen LogP contribution in [0.4, 0.5) is 0 Å². The van der Waals surface area contributed by atoms with Crippen molar-refractivity contribution in [3.8, 4) is 5.69 Å². The third kappa shape index (κ3) is 3.14. The summed E-state index contributed by atoms with van der Waals surface area (Å²) in [6.07, 6.45) is 2.24. The largest absolute Gasteiger partial charge is 0.384 e. The Labute approximate surface area is 168 Å². The molecule has 3 aromatic rings. The highest BCUT2D eigenvalue weighted by Gasteiger charge is 2.33. The van der Waals surface area contributed by atoms with E-state index in [0.29, 0.717) is 18.7 Å². The van der Waals surface area contributed by atoms with Crippen LogP contribution in [0.3, 0.4) is 0 Å². The van der Waals surface area contributed by atoms with Crippen LogP contribution in [0, 0.1) is 41.5 Å². The molecule has 1 aromatic carbocycles. The van der Waals surface area contributed by atoms with Gasteiger partial charge in [0.2, 0.25) is 0 Å². The minimum Gasteiger partial charge on any atom is -0.384 e. The topological polar surface area (TPSA) is 50.9 Å². The molecule has 0 fully saturated rings. The van der Waals surface area contributed by atoms with Gasteiger partial charge in [0.1, 0.15) is 17.1 Å². The first-order valence-electron chi connectivity index (χ1n) is 10.3. The van der Waals surface area contributed by atoms with Gasteiger partial charge in [-0.25, -0.2) is 9.97 Å². The minimum atomic E-state index is -0.929. The molecule has 150 valence electrons. The van der Waals surface area contributed by atoms with Crippen molar-refractivity contribution >= 4 is 11.0 Å². The van der Waals surface area contributed by atoms with Gasteiger partial charge in [-0.2, -0.15) is 0 Å². The molecule has 0 aliphatic heterocycles. The molecule has 0 aliphatic carbocycles. The van der Waals surface area contributed by atoms with Gasteiger partial charge in [-0.15, -0.1) is 0 Å². The van der Waals surface area contributed by atoms with E-state index in [-0.39, 0.29) is 0 Å². The maximum Gasteiger partial charge on any atom is 0.149 e. The Morgan fingerprint density at radius 3 is 2.11 bits per heavy atom. The molecule has 4 heteroatoms. The Balaban J connectivity index is 2.46. The number of benzene rings is 1. The lowest BCUT2D eigenvalue weighted by Gasteiger charge is -2.27. The SMILES string of the molecule is CCCC(O)(CC)c1nc(C)nc2c1c(C)c(C)n2-c1c(C)cc(C)cc1C. The summed E-state index contributed by atoms with van der Waals surface area (Å²) in [4.78, 5) is 9.60. The van der Waals surface area contributed by atoms with E-state index in [4.69, 9.17) is 9.97 Å². The summed E-state index contributed by atoms with van der Waals surface area (Å²) in [5.41, 5.74) is 7.95. The predicted molar refractivity (Wildman–Crippen MR) is 116 cm³/mol. The lowest BCUT2D eigenvalue weighted by atomic mass is 9.88. The Morgan fingerprint density at radius 2 is 1.57 bits per heavy atom. The molecule has 0 aliphatic rings. The van der Waals surface area contributed by atoms with E-state index < -0.39 is 5.60 Å². The summed E-state index contributed by atoms with van der Waals surface area (Å²) in [5.74, 6) is 0.701. The number of hydrogen-bond donors (Lipinski definition) is 1. The van der Waals surface area contributed by atoms with Crippen molar-refractivity contribution in [2.75, 3.05) is 0 Å². The summed E-state index contributed by atoms with van der Waals surface area (Å²) < 4.78 is 2.26. The maximum absolute atomic E-state index is 11.5. The van der Waals surface area contributed by atoms with Crippen LogP contribution in [0.5, 0.6) is 0 Å². The van der Waals surface area contributed by atoms with Gasteiger partial charge in [0.25, 0.3) is 0 Å². The average molecular weight is 380 g/mol.